The van der Waals surface area contributed by atoms with Gasteiger partial charge < -0.3 is 4.90 Å². The standard InChI is InChI=1S/C19H26N4O3S3/c1-21(15-6-3-2-4-7-15)29(25,26)23-11-9-22(10-12-23)19(24)17-14-20-18(28-17)16-8-5-13-27-16/h5,8,13-15H,2-4,6-7,9-12H2,1H3. The van der Waals surface area contributed by atoms with E-state index in [2.05, 4.69) is 4.98 Å². The third kappa shape index (κ3) is 4.41. The number of thiazole rings is 1. The van der Waals surface area contributed by atoms with Crippen molar-refractivity contribution in [3.8, 4) is 9.88 Å². The molecule has 0 N–H and O–H groups in total. The molecule has 2 aliphatic rings. The number of carbonyl (C=O) groups excluding carboxylic acids is 1. The highest BCUT2D eigenvalue weighted by molar-refractivity contribution is 7.86. The van der Waals surface area contributed by atoms with E-state index in [-0.39, 0.29) is 11.9 Å². The number of rotatable bonds is 5. The Kier molecular flexibility index (Phi) is 6.35. The van der Waals surface area contributed by atoms with E-state index < -0.39 is 10.2 Å². The number of thiophene rings is 1. The second kappa shape index (κ2) is 8.81. The summed E-state index contributed by atoms with van der Waals surface area (Å²) in [5.74, 6) is -0.0667. The second-order valence-corrected chi connectivity index (χ2v) is 11.5. The highest BCUT2D eigenvalue weighted by Crippen LogP contribution is 2.30. The van der Waals surface area contributed by atoms with E-state index >= 15 is 0 Å². The van der Waals surface area contributed by atoms with Crippen molar-refractivity contribution < 1.29 is 13.2 Å². The van der Waals surface area contributed by atoms with E-state index in [1.54, 1.807) is 33.8 Å². The molecule has 2 fully saturated rings. The predicted octanol–water partition coefficient (Wildman–Crippen LogP) is 3.14. The molecule has 0 radical (unpaired) electrons. The molecule has 0 bridgehead atoms. The fourth-order valence-electron chi connectivity index (χ4n) is 3.98. The van der Waals surface area contributed by atoms with E-state index in [1.165, 1.54) is 22.1 Å². The van der Waals surface area contributed by atoms with Crippen LogP contribution in [-0.2, 0) is 10.2 Å². The average molecular weight is 455 g/mol. The van der Waals surface area contributed by atoms with E-state index in [0.717, 1.165) is 35.6 Å². The summed E-state index contributed by atoms with van der Waals surface area (Å²) in [4.78, 5) is 20.6. The SMILES string of the molecule is CN(C1CCCCC1)S(=O)(=O)N1CCN(C(=O)c2cnc(-c3cccs3)s2)CC1. The Morgan fingerprint density at radius 1 is 1.17 bits per heavy atom. The number of carbonyl (C=O) groups is 1. The number of piperazine rings is 1. The molecule has 4 rings (SSSR count). The lowest BCUT2D eigenvalue weighted by Crippen LogP contribution is -2.55. The molecule has 1 saturated carbocycles. The lowest BCUT2D eigenvalue weighted by atomic mass is 9.96. The molecule has 7 nitrogen and oxygen atoms in total. The molecule has 1 aliphatic heterocycles. The van der Waals surface area contributed by atoms with Gasteiger partial charge in [-0.1, -0.05) is 25.3 Å². The zero-order valence-corrected chi connectivity index (χ0v) is 18.9. The molecule has 1 saturated heterocycles. The normalized spacial score (nSPS) is 19.7. The first-order valence-electron chi connectivity index (χ1n) is 9.99. The van der Waals surface area contributed by atoms with Gasteiger partial charge in [0.15, 0.2) is 0 Å². The summed E-state index contributed by atoms with van der Waals surface area (Å²) in [7, 11) is -1.78. The smallest absolute Gasteiger partial charge is 0.282 e. The zero-order chi connectivity index (χ0) is 20.4. The van der Waals surface area contributed by atoms with Crippen molar-refractivity contribution in [2.75, 3.05) is 33.2 Å². The third-order valence-electron chi connectivity index (χ3n) is 5.75. The molecule has 2 aromatic rings. The highest BCUT2D eigenvalue weighted by Gasteiger charge is 2.35. The topological polar surface area (TPSA) is 73.8 Å². The fraction of sp³-hybridized carbons (Fsp3) is 0.579. The van der Waals surface area contributed by atoms with Gasteiger partial charge >= 0.3 is 0 Å². The van der Waals surface area contributed by atoms with Crippen molar-refractivity contribution in [3.63, 3.8) is 0 Å². The lowest BCUT2D eigenvalue weighted by molar-refractivity contribution is 0.0697. The monoisotopic (exact) mass is 454 g/mol. The van der Waals surface area contributed by atoms with Gasteiger partial charge in [-0.3, -0.25) is 4.79 Å². The molecule has 0 spiro atoms. The molecule has 0 aromatic carbocycles. The molecule has 0 unspecified atom stereocenters. The number of aromatic nitrogens is 1. The first-order chi connectivity index (χ1) is 14.0. The zero-order valence-electron chi connectivity index (χ0n) is 16.5. The van der Waals surface area contributed by atoms with Gasteiger partial charge in [-0.15, -0.1) is 22.7 Å². The Morgan fingerprint density at radius 2 is 1.90 bits per heavy atom. The van der Waals surface area contributed by atoms with Crippen LogP contribution in [0.15, 0.2) is 23.7 Å². The van der Waals surface area contributed by atoms with E-state index in [0.29, 0.717) is 31.1 Å². The van der Waals surface area contributed by atoms with Crippen LogP contribution in [0.25, 0.3) is 9.88 Å². The Hall–Kier alpha value is -1.33. The molecule has 158 valence electrons. The van der Waals surface area contributed by atoms with E-state index in [9.17, 15) is 13.2 Å². The van der Waals surface area contributed by atoms with Gasteiger partial charge in [-0.05, 0) is 24.3 Å². The quantitative estimate of drug-likeness (QED) is 0.696. The average Bonchev–Trinajstić information content (AvgIpc) is 3.45. The van der Waals surface area contributed by atoms with Crippen LogP contribution in [0.4, 0.5) is 0 Å². The van der Waals surface area contributed by atoms with Crippen LogP contribution in [0.5, 0.6) is 0 Å². The van der Waals surface area contributed by atoms with E-state index in [1.807, 2.05) is 17.5 Å². The van der Waals surface area contributed by atoms with Gasteiger partial charge in [0.25, 0.3) is 16.1 Å². The van der Waals surface area contributed by atoms with Crippen LogP contribution >= 0.6 is 22.7 Å². The van der Waals surface area contributed by atoms with Crippen molar-refractivity contribution in [1.29, 1.82) is 0 Å². The van der Waals surface area contributed by atoms with Gasteiger partial charge in [0.2, 0.25) is 0 Å². The number of nitrogens with zero attached hydrogens (tertiary/aromatic N) is 4. The Morgan fingerprint density at radius 3 is 2.55 bits per heavy atom. The van der Waals surface area contributed by atoms with E-state index in [4.69, 9.17) is 0 Å². The molecule has 1 aliphatic carbocycles. The summed E-state index contributed by atoms with van der Waals surface area (Å²) < 4.78 is 29.1. The first-order valence-corrected chi connectivity index (χ1v) is 13.1. The van der Waals surface area contributed by atoms with Crippen LogP contribution in [0, 0.1) is 0 Å². The molecular weight excluding hydrogens is 428 g/mol. The first kappa shape index (κ1) is 20.9. The largest absolute Gasteiger partial charge is 0.335 e. The molecule has 10 heteroatoms. The molecule has 3 heterocycles. The van der Waals surface area contributed by atoms with Crippen LogP contribution in [0.3, 0.4) is 0 Å². The third-order valence-corrected chi connectivity index (χ3v) is 9.82. The summed E-state index contributed by atoms with van der Waals surface area (Å²) in [6.45, 7) is 1.48. The van der Waals surface area contributed by atoms with Crippen molar-refractivity contribution in [2.45, 2.75) is 38.1 Å². The number of hydrogen-bond acceptors (Lipinski definition) is 6. The minimum absolute atomic E-state index is 0.0667. The van der Waals surface area contributed by atoms with Gasteiger partial charge in [0.05, 0.1) is 11.1 Å². The fourth-order valence-corrected chi connectivity index (χ4v) is 7.24. The highest BCUT2D eigenvalue weighted by atomic mass is 32.2. The van der Waals surface area contributed by atoms with Gasteiger partial charge in [0.1, 0.15) is 9.88 Å². The number of amides is 1. The number of hydrogen-bond donors (Lipinski definition) is 0. The minimum Gasteiger partial charge on any atom is -0.335 e. The van der Waals surface area contributed by atoms with Gasteiger partial charge in [-0.2, -0.15) is 17.0 Å². The van der Waals surface area contributed by atoms with Crippen LogP contribution < -0.4 is 0 Å². The summed E-state index contributed by atoms with van der Waals surface area (Å²) in [6, 6.07) is 4.05. The summed E-state index contributed by atoms with van der Waals surface area (Å²) in [5, 5.41) is 2.83. The summed E-state index contributed by atoms with van der Waals surface area (Å²) in [6.07, 6.45) is 6.88. The molecular formula is C19H26N4O3S3. The molecule has 2 aromatic heterocycles. The van der Waals surface area contributed by atoms with Crippen molar-refractivity contribution in [3.05, 3.63) is 28.6 Å². The molecule has 29 heavy (non-hydrogen) atoms. The second-order valence-electron chi connectivity index (χ2n) is 7.51. The molecule has 0 atom stereocenters. The maximum Gasteiger partial charge on any atom is 0.282 e. The Bertz CT molecular complexity index is 928. The van der Waals surface area contributed by atoms with Crippen molar-refractivity contribution in [1.82, 2.24) is 18.5 Å². The van der Waals surface area contributed by atoms with Crippen molar-refractivity contribution in [2.24, 2.45) is 0 Å². The van der Waals surface area contributed by atoms with Crippen molar-refractivity contribution >= 4 is 38.8 Å². The predicted molar refractivity (Wildman–Crippen MR) is 116 cm³/mol. The Balaban J connectivity index is 1.37. The van der Waals surface area contributed by atoms with Gasteiger partial charge in [-0.25, -0.2) is 4.98 Å². The minimum atomic E-state index is -3.48. The Labute approximate surface area is 180 Å². The maximum absolute atomic E-state index is 13.0. The summed E-state index contributed by atoms with van der Waals surface area (Å²) in [5.41, 5.74) is 0. The molecule has 1 amide bonds. The maximum atomic E-state index is 13.0. The van der Waals surface area contributed by atoms with Crippen LogP contribution in [-0.4, -0.2) is 72.1 Å². The van der Waals surface area contributed by atoms with Gasteiger partial charge in [0, 0.05) is 39.3 Å². The van der Waals surface area contributed by atoms with Crippen LogP contribution in [0.1, 0.15) is 41.8 Å². The lowest BCUT2D eigenvalue weighted by Gasteiger charge is -2.38. The summed E-state index contributed by atoms with van der Waals surface area (Å²) >= 11 is 2.99. The van der Waals surface area contributed by atoms with Crippen LogP contribution in [0.2, 0.25) is 0 Å².